The molecule has 0 aliphatic rings. The van der Waals surface area contributed by atoms with E-state index in [1.54, 1.807) is 33.2 Å². The van der Waals surface area contributed by atoms with Crippen LogP contribution in [0.4, 0.5) is 0 Å². The van der Waals surface area contributed by atoms with Crippen LogP contribution in [0.3, 0.4) is 0 Å². The molecule has 0 bridgehead atoms. The number of aromatic nitrogens is 1. The van der Waals surface area contributed by atoms with E-state index in [1.807, 2.05) is 16.7 Å². The summed E-state index contributed by atoms with van der Waals surface area (Å²) >= 11 is 0. The van der Waals surface area contributed by atoms with Gasteiger partial charge in [-0.3, -0.25) is 4.79 Å². The minimum Gasteiger partial charge on any atom is -0.349 e. The van der Waals surface area contributed by atoms with Crippen molar-refractivity contribution in [2.45, 2.75) is 24.8 Å². The molecule has 0 aliphatic heterocycles. The number of aryl methyl sites for hydroxylation is 1. The van der Waals surface area contributed by atoms with E-state index >= 15 is 0 Å². The first-order chi connectivity index (χ1) is 9.73. The Hall–Kier alpha value is -1.53. The molecule has 21 heavy (non-hydrogen) atoms. The third-order valence-electron chi connectivity index (χ3n) is 3.46. The fourth-order valence-electron chi connectivity index (χ4n) is 2.43. The van der Waals surface area contributed by atoms with Gasteiger partial charge in [-0.1, -0.05) is 18.2 Å². The first-order valence-electron chi connectivity index (χ1n) is 6.46. The summed E-state index contributed by atoms with van der Waals surface area (Å²) < 4.78 is 25.4. The average Bonchev–Trinajstić information content (AvgIpc) is 2.67. The summed E-state index contributed by atoms with van der Waals surface area (Å²) in [6.07, 6.45) is 0.300. The van der Waals surface area contributed by atoms with Gasteiger partial charge in [0.05, 0.1) is 0 Å². The van der Waals surface area contributed by atoms with Gasteiger partial charge in [0.25, 0.3) is 9.05 Å². The molecule has 114 valence electrons. The highest BCUT2D eigenvalue weighted by atomic mass is 35.7. The molecule has 0 saturated heterocycles. The Kier molecular flexibility index (Phi) is 4.30. The molecular weight excluding hydrogens is 312 g/mol. The maximum absolute atomic E-state index is 11.8. The fraction of sp³-hybridized carbons (Fsp3) is 0.357. The van der Waals surface area contributed by atoms with Gasteiger partial charge in [0.1, 0.15) is 4.90 Å². The van der Waals surface area contributed by atoms with Crippen LogP contribution in [0.2, 0.25) is 0 Å². The van der Waals surface area contributed by atoms with E-state index in [-0.39, 0.29) is 10.8 Å². The Balaban J connectivity index is 2.55. The Labute approximate surface area is 128 Å². The summed E-state index contributed by atoms with van der Waals surface area (Å²) in [7, 11) is 5.10. The molecule has 0 saturated carbocycles. The topological polar surface area (TPSA) is 59.4 Å². The van der Waals surface area contributed by atoms with Crippen LogP contribution in [0.25, 0.3) is 10.9 Å². The molecule has 0 radical (unpaired) electrons. The molecule has 2 aromatic rings. The molecule has 1 heterocycles. The Morgan fingerprint density at radius 2 is 1.90 bits per heavy atom. The lowest BCUT2D eigenvalue weighted by atomic mass is 10.2. The first kappa shape index (κ1) is 15.9. The van der Waals surface area contributed by atoms with Gasteiger partial charge in [0.2, 0.25) is 5.91 Å². The summed E-state index contributed by atoms with van der Waals surface area (Å²) in [6, 6.07) is 7.15. The standard InChI is InChI=1S/C14H17ClN2O3S/c1-10-14(21(15,19)20)11-6-4-5-7-12(11)17(10)9-8-13(18)16(2)3/h4-7H,8-9H2,1-3H3. The van der Waals surface area contributed by atoms with Crippen molar-refractivity contribution in [3.63, 3.8) is 0 Å². The zero-order valence-electron chi connectivity index (χ0n) is 12.1. The van der Waals surface area contributed by atoms with Crippen molar-refractivity contribution >= 4 is 36.5 Å². The lowest BCUT2D eigenvalue weighted by Gasteiger charge is -2.12. The predicted octanol–water partition coefficient (Wildman–Crippen LogP) is 2.36. The second-order valence-corrected chi connectivity index (χ2v) is 7.56. The number of para-hydroxylation sites is 1. The molecule has 0 spiro atoms. The van der Waals surface area contributed by atoms with E-state index < -0.39 is 9.05 Å². The molecule has 5 nitrogen and oxygen atoms in total. The molecule has 1 aromatic heterocycles. The molecule has 0 atom stereocenters. The molecular formula is C14H17ClN2O3S. The third-order valence-corrected chi connectivity index (χ3v) is 4.93. The Morgan fingerprint density at radius 1 is 1.29 bits per heavy atom. The van der Waals surface area contributed by atoms with E-state index in [0.29, 0.717) is 24.0 Å². The SMILES string of the molecule is Cc1c(S(=O)(=O)Cl)c2ccccc2n1CCC(=O)N(C)C. The van der Waals surface area contributed by atoms with Crippen LogP contribution < -0.4 is 0 Å². The van der Waals surface area contributed by atoms with Gasteiger partial charge in [-0.05, 0) is 13.0 Å². The zero-order chi connectivity index (χ0) is 15.8. The number of rotatable bonds is 4. The lowest BCUT2D eigenvalue weighted by molar-refractivity contribution is -0.128. The Morgan fingerprint density at radius 3 is 2.48 bits per heavy atom. The molecule has 0 N–H and O–H groups in total. The van der Waals surface area contributed by atoms with Gasteiger partial charge in [-0.15, -0.1) is 0 Å². The quantitative estimate of drug-likeness (QED) is 0.809. The number of amides is 1. The fourth-order valence-corrected chi connectivity index (χ4v) is 3.91. The highest BCUT2D eigenvalue weighted by Gasteiger charge is 2.23. The van der Waals surface area contributed by atoms with Crippen LogP contribution in [-0.2, 0) is 20.4 Å². The lowest BCUT2D eigenvalue weighted by Crippen LogP contribution is -2.23. The van der Waals surface area contributed by atoms with Crippen LogP contribution in [0.1, 0.15) is 12.1 Å². The van der Waals surface area contributed by atoms with Gasteiger partial charge < -0.3 is 9.47 Å². The largest absolute Gasteiger partial charge is 0.349 e. The smallest absolute Gasteiger partial charge is 0.263 e. The van der Waals surface area contributed by atoms with Gasteiger partial charge in [0, 0.05) is 54.3 Å². The number of carbonyl (C=O) groups is 1. The van der Waals surface area contributed by atoms with Gasteiger partial charge >= 0.3 is 0 Å². The van der Waals surface area contributed by atoms with Crippen LogP contribution in [0.15, 0.2) is 29.2 Å². The van der Waals surface area contributed by atoms with E-state index in [0.717, 1.165) is 5.52 Å². The number of halogens is 1. The molecule has 1 aromatic carbocycles. The van der Waals surface area contributed by atoms with E-state index in [1.165, 1.54) is 4.90 Å². The van der Waals surface area contributed by atoms with E-state index in [2.05, 4.69) is 0 Å². The number of hydrogen-bond acceptors (Lipinski definition) is 3. The van der Waals surface area contributed by atoms with Crippen LogP contribution in [-0.4, -0.2) is 37.9 Å². The number of nitrogens with zero attached hydrogens (tertiary/aromatic N) is 2. The summed E-state index contributed by atoms with van der Waals surface area (Å²) in [5.74, 6) is -0.0116. The Bertz CT molecular complexity index is 794. The van der Waals surface area contributed by atoms with Crippen LogP contribution in [0.5, 0.6) is 0 Å². The second kappa shape index (κ2) is 5.69. The van der Waals surface area contributed by atoms with Crippen molar-refractivity contribution in [1.29, 1.82) is 0 Å². The zero-order valence-corrected chi connectivity index (χ0v) is 13.7. The first-order valence-corrected chi connectivity index (χ1v) is 8.77. The van der Waals surface area contributed by atoms with Crippen molar-refractivity contribution in [3.8, 4) is 0 Å². The molecule has 1 amide bonds. The molecule has 2 rings (SSSR count). The molecule has 0 aliphatic carbocycles. The van der Waals surface area contributed by atoms with E-state index in [4.69, 9.17) is 10.7 Å². The van der Waals surface area contributed by atoms with Crippen molar-refractivity contribution in [3.05, 3.63) is 30.0 Å². The number of carbonyl (C=O) groups excluding carboxylic acids is 1. The van der Waals surface area contributed by atoms with Gasteiger partial charge in [-0.2, -0.15) is 0 Å². The van der Waals surface area contributed by atoms with E-state index in [9.17, 15) is 13.2 Å². The minimum absolute atomic E-state index is 0.0116. The summed E-state index contributed by atoms with van der Waals surface area (Å²) in [5.41, 5.74) is 1.32. The second-order valence-electron chi connectivity index (χ2n) is 5.06. The monoisotopic (exact) mass is 328 g/mol. The minimum atomic E-state index is -3.84. The van der Waals surface area contributed by atoms with Crippen LogP contribution >= 0.6 is 10.7 Å². The normalized spacial score (nSPS) is 11.8. The van der Waals surface area contributed by atoms with Crippen molar-refractivity contribution in [1.82, 2.24) is 9.47 Å². The van der Waals surface area contributed by atoms with Gasteiger partial charge in [0.15, 0.2) is 0 Å². The highest BCUT2D eigenvalue weighted by molar-refractivity contribution is 8.14. The summed E-state index contributed by atoms with van der Waals surface area (Å²) in [6.45, 7) is 2.12. The van der Waals surface area contributed by atoms with Crippen molar-refractivity contribution in [2.24, 2.45) is 0 Å². The average molecular weight is 329 g/mol. The molecule has 0 unspecified atom stereocenters. The van der Waals surface area contributed by atoms with Crippen LogP contribution in [0, 0.1) is 6.92 Å². The number of hydrogen-bond donors (Lipinski definition) is 0. The third kappa shape index (κ3) is 3.06. The highest BCUT2D eigenvalue weighted by Crippen LogP contribution is 2.32. The summed E-state index contributed by atoms with van der Waals surface area (Å²) in [5, 5.41) is 0.585. The van der Waals surface area contributed by atoms with Crippen molar-refractivity contribution < 1.29 is 13.2 Å². The molecule has 7 heteroatoms. The predicted molar refractivity (Wildman–Crippen MR) is 83.0 cm³/mol. The maximum atomic E-state index is 11.8. The van der Waals surface area contributed by atoms with Gasteiger partial charge in [-0.25, -0.2) is 8.42 Å². The molecule has 0 fully saturated rings. The number of benzene rings is 1. The van der Waals surface area contributed by atoms with Crippen molar-refractivity contribution in [2.75, 3.05) is 14.1 Å². The summed E-state index contributed by atoms with van der Waals surface area (Å²) in [4.78, 5) is 13.4. The maximum Gasteiger partial charge on any atom is 0.263 e. The number of fused-ring (bicyclic) bond motifs is 1.